The van der Waals surface area contributed by atoms with E-state index in [0.29, 0.717) is 25.0 Å². The van der Waals surface area contributed by atoms with Crippen molar-refractivity contribution >= 4 is 23.6 Å². The zero-order valence-corrected chi connectivity index (χ0v) is 24.4. The fraction of sp³-hybridized carbons (Fsp3) is 0.471. The number of hydrogen-bond acceptors (Lipinski definition) is 5. The van der Waals surface area contributed by atoms with Crippen molar-refractivity contribution in [3.8, 4) is 5.75 Å². The fourth-order valence-electron chi connectivity index (χ4n) is 6.51. The van der Waals surface area contributed by atoms with Crippen LogP contribution in [0.5, 0.6) is 5.75 Å². The summed E-state index contributed by atoms with van der Waals surface area (Å²) in [6.45, 7) is 0.211. The number of methoxy groups -OCH3 is 1. The molecule has 0 bridgehead atoms. The van der Waals surface area contributed by atoms with E-state index in [1.54, 1.807) is 12.0 Å². The Morgan fingerprint density at radius 2 is 1.60 bits per heavy atom. The number of imide groups is 1. The molecule has 8 nitrogen and oxygen atoms in total. The average Bonchev–Trinajstić information content (AvgIpc) is 3.27. The lowest BCUT2D eigenvalue weighted by atomic mass is 9.85. The maximum Gasteiger partial charge on any atom is 0.243 e. The van der Waals surface area contributed by atoms with Gasteiger partial charge in [0.05, 0.1) is 18.9 Å². The Kier molecular flexibility index (Phi) is 9.72. The van der Waals surface area contributed by atoms with Crippen molar-refractivity contribution in [1.29, 1.82) is 0 Å². The van der Waals surface area contributed by atoms with Crippen molar-refractivity contribution in [2.24, 2.45) is 11.8 Å². The second kappa shape index (κ2) is 13.8. The van der Waals surface area contributed by atoms with Crippen LogP contribution >= 0.6 is 0 Å². The molecule has 3 atom stereocenters. The van der Waals surface area contributed by atoms with E-state index in [1.807, 2.05) is 66.7 Å². The zero-order valence-electron chi connectivity index (χ0n) is 24.4. The third-order valence-corrected chi connectivity index (χ3v) is 8.86. The van der Waals surface area contributed by atoms with Gasteiger partial charge in [0.2, 0.25) is 23.6 Å². The molecule has 0 aromatic heterocycles. The van der Waals surface area contributed by atoms with Crippen LogP contribution in [0.2, 0.25) is 0 Å². The van der Waals surface area contributed by atoms with Gasteiger partial charge >= 0.3 is 0 Å². The second-order valence-corrected chi connectivity index (χ2v) is 11.7. The van der Waals surface area contributed by atoms with Crippen LogP contribution in [0.25, 0.3) is 0 Å². The van der Waals surface area contributed by atoms with Crippen LogP contribution < -0.4 is 10.1 Å². The first-order valence-electron chi connectivity index (χ1n) is 15.2. The van der Waals surface area contributed by atoms with Gasteiger partial charge in [0.25, 0.3) is 0 Å². The van der Waals surface area contributed by atoms with Gasteiger partial charge in [-0.1, -0.05) is 73.9 Å². The molecule has 0 radical (unpaired) electrons. The van der Waals surface area contributed by atoms with Crippen molar-refractivity contribution in [2.75, 3.05) is 13.7 Å². The van der Waals surface area contributed by atoms with Crippen molar-refractivity contribution in [3.05, 3.63) is 77.9 Å². The van der Waals surface area contributed by atoms with E-state index in [2.05, 4.69) is 5.32 Å². The molecule has 1 saturated heterocycles. The summed E-state index contributed by atoms with van der Waals surface area (Å²) in [6.07, 6.45) is 10.5. The van der Waals surface area contributed by atoms with Crippen molar-refractivity contribution in [1.82, 2.24) is 15.1 Å². The number of ether oxygens (including phenoxy) is 1. The van der Waals surface area contributed by atoms with Crippen LogP contribution in [-0.2, 0) is 32.1 Å². The number of rotatable bonds is 11. The highest BCUT2D eigenvalue weighted by molar-refractivity contribution is 6.05. The minimum atomic E-state index is -0.759. The molecule has 42 heavy (non-hydrogen) atoms. The normalized spacial score (nSPS) is 21.1. The zero-order chi connectivity index (χ0) is 29.5. The first-order chi connectivity index (χ1) is 20.4. The minimum absolute atomic E-state index is 0.0143. The molecule has 0 spiro atoms. The largest absolute Gasteiger partial charge is 0.497 e. The van der Waals surface area contributed by atoms with Crippen LogP contribution in [0.1, 0.15) is 62.5 Å². The Morgan fingerprint density at radius 1 is 0.929 bits per heavy atom. The molecule has 2 aliphatic carbocycles. The summed E-state index contributed by atoms with van der Waals surface area (Å²) >= 11 is 0. The van der Waals surface area contributed by atoms with Gasteiger partial charge in [0, 0.05) is 32.0 Å². The van der Waals surface area contributed by atoms with Gasteiger partial charge in [-0.25, -0.2) is 0 Å². The van der Waals surface area contributed by atoms with Gasteiger partial charge in [0.1, 0.15) is 11.8 Å². The van der Waals surface area contributed by atoms with Gasteiger partial charge < -0.3 is 15.0 Å². The van der Waals surface area contributed by atoms with Crippen LogP contribution in [0, 0.1) is 11.8 Å². The first-order valence-corrected chi connectivity index (χ1v) is 15.2. The number of allylic oxidation sites excluding steroid dienone is 2. The summed E-state index contributed by atoms with van der Waals surface area (Å²) < 4.78 is 5.42. The summed E-state index contributed by atoms with van der Waals surface area (Å²) in [5.41, 5.74) is 1.78. The van der Waals surface area contributed by atoms with Gasteiger partial charge in [-0.2, -0.15) is 0 Å². The number of likely N-dealkylation sites (tertiary alicyclic amines) is 1. The SMILES string of the molecule is COc1cccc(CN(C(=O)CCN2C(=O)[C@H]3CC=CC[C@H]3C2=O)C(Cc2ccccc2)C(=O)NC2CCCCC2)c1. The van der Waals surface area contributed by atoms with E-state index in [1.165, 1.54) is 11.3 Å². The van der Waals surface area contributed by atoms with Gasteiger partial charge in [-0.3, -0.25) is 24.1 Å². The molecule has 8 heteroatoms. The minimum Gasteiger partial charge on any atom is -0.497 e. The molecule has 1 heterocycles. The number of hydrogen-bond donors (Lipinski definition) is 1. The van der Waals surface area contributed by atoms with Crippen molar-refractivity contribution < 1.29 is 23.9 Å². The quantitative estimate of drug-likeness (QED) is 0.318. The maximum absolute atomic E-state index is 14.1. The van der Waals surface area contributed by atoms with Gasteiger partial charge in [0.15, 0.2) is 0 Å². The lowest BCUT2D eigenvalue weighted by Gasteiger charge is -2.34. The number of nitrogens with zero attached hydrogens (tertiary/aromatic N) is 2. The van der Waals surface area contributed by atoms with Crippen LogP contribution in [0.3, 0.4) is 0 Å². The molecule has 4 amide bonds. The summed E-state index contributed by atoms with van der Waals surface area (Å²) in [5, 5.41) is 3.24. The van der Waals surface area contributed by atoms with Gasteiger partial charge in [-0.05, 0) is 48.9 Å². The molecular weight excluding hydrogens is 530 g/mol. The molecular formula is C34H41N3O5. The van der Waals surface area contributed by atoms with E-state index in [4.69, 9.17) is 4.74 Å². The van der Waals surface area contributed by atoms with E-state index >= 15 is 0 Å². The Hall–Kier alpha value is -3.94. The summed E-state index contributed by atoms with van der Waals surface area (Å²) in [6, 6.07) is 16.5. The van der Waals surface area contributed by atoms with Crippen LogP contribution in [-0.4, -0.2) is 59.2 Å². The van der Waals surface area contributed by atoms with Crippen molar-refractivity contribution in [2.45, 2.75) is 76.4 Å². The third kappa shape index (κ3) is 6.92. The number of amides is 4. The van der Waals surface area contributed by atoms with Gasteiger partial charge in [-0.15, -0.1) is 0 Å². The Bertz CT molecular complexity index is 1280. The monoisotopic (exact) mass is 571 g/mol. The predicted octanol–water partition coefficient (Wildman–Crippen LogP) is 4.43. The maximum atomic E-state index is 14.1. The van der Waals surface area contributed by atoms with Crippen molar-refractivity contribution in [3.63, 3.8) is 0 Å². The first kappa shape index (κ1) is 29.5. The molecule has 2 aromatic rings. The molecule has 222 valence electrons. The lowest BCUT2D eigenvalue weighted by molar-refractivity contribution is -0.144. The number of benzene rings is 2. The Morgan fingerprint density at radius 3 is 2.26 bits per heavy atom. The van der Waals surface area contributed by atoms with E-state index in [9.17, 15) is 19.2 Å². The summed E-state index contributed by atoms with van der Waals surface area (Å²) in [5.74, 6) is -0.848. The van der Waals surface area contributed by atoms with Crippen LogP contribution in [0.15, 0.2) is 66.7 Å². The molecule has 2 aromatic carbocycles. The molecule has 2 fully saturated rings. The molecule has 5 rings (SSSR count). The molecule has 3 aliphatic rings. The molecule has 1 unspecified atom stereocenters. The second-order valence-electron chi connectivity index (χ2n) is 11.7. The fourth-order valence-corrected chi connectivity index (χ4v) is 6.51. The molecule has 1 saturated carbocycles. The lowest BCUT2D eigenvalue weighted by Crippen LogP contribution is -2.53. The average molecular weight is 572 g/mol. The standard InChI is InChI=1S/C34H41N3O5/c1-42-27-16-10-13-25(21-27)23-37(31(38)19-20-36-33(40)28-17-8-9-18-29(28)34(36)41)30(22-24-11-4-2-5-12-24)32(39)35-26-14-6-3-7-15-26/h2,4-5,8-13,16,21,26,28-30H,3,6-7,14-15,17-20,22-23H2,1H3,(H,35,39)/t28-,29+,30?. The molecule has 1 aliphatic heterocycles. The predicted molar refractivity (Wildman–Crippen MR) is 159 cm³/mol. The third-order valence-electron chi connectivity index (χ3n) is 8.86. The topological polar surface area (TPSA) is 96.0 Å². The van der Waals surface area contributed by atoms with E-state index in [-0.39, 0.29) is 61.0 Å². The highest BCUT2D eigenvalue weighted by atomic mass is 16.5. The summed E-state index contributed by atoms with van der Waals surface area (Å²) in [7, 11) is 1.59. The smallest absolute Gasteiger partial charge is 0.243 e. The summed E-state index contributed by atoms with van der Waals surface area (Å²) in [4.78, 5) is 57.0. The van der Waals surface area contributed by atoms with E-state index < -0.39 is 6.04 Å². The number of nitrogens with one attached hydrogen (secondary N) is 1. The number of fused-ring (bicyclic) bond motifs is 1. The Labute approximate surface area is 248 Å². The Balaban J connectivity index is 1.40. The molecule has 1 N–H and O–H groups in total. The highest BCUT2D eigenvalue weighted by Crippen LogP contribution is 2.35. The number of carbonyl (C=O) groups is 4. The highest BCUT2D eigenvalue weighted by Gasteiger charge is 2.47. The van der Waals surface area contributed by atoms with Crippen LogP contribution in [0.4, 0.5) is 0 Å². The number of carbonyl (C=O) groups excluding carboxylic acids is 4. The van der Waals surface area contributed by atoms with E-state index in [0.717, 1.165) is 36.8 Å².